The smallest absolute Gasteiger partial charge is 0.242 e. The van der Waals surface area contributed by atoms with Crippen LogP contribution in [0, 0.1) is 0 Å². The molecule has 0 aromatic carbocycles. The molecule has 1 aliphatic rings. The van der Waals surface area contributed by atoms with Gasteiger partial charge in [-0.2, -0.15) is 0 Å². The van der Waals surface area contributed by atoms with Gasteiger partial charge in [-0.05, 0) is 30.5 Å². The van der Waals surface area contributed by atoms with Crippen LogP contribution in [-0.4, -0.2) is 48.0 Å². The van der Waals surface area contributed by atoms with Gasteiger partial charge in [-0.3, -0.25) is 9.78 Å². The van der Waals surface area contributed by atoms with Crippen molar-refractivity contribution < 1.29 is 4.79 Å². The molecule has 134 valence electrons. The van der Waals surface area contributed by atoms with Crippen LogP contribution in [-0.2, 0) is 17.9 Å². The van der Waals surface area contributed by atoms with Crippen LogP contribution in [0.5, 0.6) is 0 Å². The average molecular weight is 350 g/mol. The molecule has 1 aliphatic heterocycles. The summed E-state index contributed by atoms with van der Waals surface area (Å²) in [4.78, 5) is 27.0. The third-order valence-corrected chi connectivity index (χ3v) is 4.94. The lowest BCUT2D eigenvalue weighted by Gasteiger charge is -2.32. The molecular formula is C19H22N6O. The minimum absolute atomic E-state index is 0.154. The number of likely N-dealkylation sites (tertiary alicyclic amines) is 1. The van der Waals surface area contributed by atoms with Gasteiger partial charge in [0.05, 0.1) is 6.33 Å². The van der Waals surface area contributed by atoms with Crippen LogP contribution < -0.4 is 0 Å². The zero-order chi connectivity index (χ0) is 17.8. The van der Waals surface area contributed by atoms with E-state index in [1.165, 1.54) is 5.56 Å². The molecule has 3 aromatic heterocycles. The van der Waals surface area contributed by atoms with Gasteiger partial charge in [-0.25, -0.2) is 9.97 Å². The lowest BCUT2D eigenvalue weighted by molar-refractivity contribution is -0.132. The highest BCUT2D eigenvalue weighted by Gasteiger charge is 2.26. The average Bonchev–Trinajstić information content (AvgIpc) is 3.35. The van der Waals surface area contributed by atoms with Gasteiger partial charge in [0.2, 0.25) is 5.91 Å². The fourth-order valence-corrected chi connectivity index (χ4v) is 3.52. The van der Waals surface area contributed by atoms with E-state index >= 15 is 0 Å². The largest absolute Gasteiger partial charge is 0.341 e. The highest BCUT2D eigenvalue weighted by Crippen LogP contribution is 2.27. The van der Waals surface area contributed by atoms with Crippen molar-refractivity contribution in [3.63, 3.8) is 0 Å². The van der Waals surface area contributed by atoms with Crippen LogP contribution in [0.3, 0.4) is 0 Å². The van der Waals surface area contributed by atoms with E-state index < -0.39 is 0 Å². The molecular weight excluding hydrogens is 328 g/mol. The van der Waals surface area contributed by atoms with E-state index in [0.29, 0.717) is 12.5 Å². The molecule has 0 radical (unpaired) electrons. The Morgan fingerprint density at radius 3 is 2.58 bits per heavy atom. The van der Waals surface area contributed by atoms with Crippen molar-refractivity contribution in [3.05, 3.63) is 67.0 Å². The molecule has 0 atom stereocenters. The Hall–Kier alpha value is -2.96. The molecule has 26 heavy (non-hydrogen) atoms. The first-order chi connectivity index (χ1) is 12.8. The van der Waals surface area contributed by atoms with Crippen molar-refractivity contribution in [1.82, 2.24) is 29.0 Å². The van der Waals surface area contributed by atoms with E-state index in [0.717, 1.165) is 38.3 Å². The van der Waals surface area contributed by atoms with Gasteiger partial charge in [-0.15, -0.1) is 0 Å². The zero-order valence-electron chi connectivity index (χ0n) is 14.6. The molecule has 0 spiro atoms. The highest BCUT2D eigenvalue weighted by molar-refractivity contribution is 5.76. The molecule has 7 nitrogen and oxygen atoms in total. The summed E-state index contributed by atoms with van der Waals surface area (Å²) in [5.74, 6) is 1.66. The maximum Gasteiger partial charge on any atom is 0.242 e. The second kappa shape index (κ2) is 7.51. The van der Waals surface area contributed by atoms with Crippen molar-refractivity contribution >= 4 is 5.91 Å². The topological polar surface area (TPSA) is 68.8 Å². The van der Waals surface area contributed by atoms with E-state index in [1.807, 2.05) is 52.6 Å². The summed E-state index contributed by atoms with van der Waals surface area (Å²) in [5.41, 5.74) is 1.21. The molecule has 0 saturated carbocycles. The van der Waals surface area contributed by atoms with Crippen molar-refractivity contribution in [2.45, 2.75) is 31.8 Å². The van der Waals surface area contributed by atoms with Crippen LogP contribution >= 0.6 is 0 Å². The predicted octanol–water partition coefficient (Wildman–Crippen LogP) is 1.93. The summed E-state index contributed by atoms with van der Waals surface area (Å²) in [6.07, 6.45) is 14.6. The Labute approximate surface area is 152 Å². The van der Waals surface area contributed by atoms with Crippen LogP contribution in [0.2, 0.25) is 0 Å². The Balaban J connectivity index is 1.36. The van der Waals surface area contributed by atoms with E-state index in [2.05, 4.69) is 19.5 Å². The number of carbonyl (C=O) groups is 1. The fraction of sp³-hybridized carbons (Fsp3) is 0.368. The van der Waals surface area contributed by atoms with Crippen LogP contribution in [0.25, 0.3) is 0 Å². The van der Waals surface area contributed by atoms with E-state index in [-0.39, 0.29) is 5.91 Å². The number of nitrogens with zero attached hydrogens (tertiary/aromatic N) is 6. The molecule has 3 aromatic rings. The number of imidazole rings is 2. The summed E-state index contributed by atoms with van der Waals surface area (Å²) in [6.45, 7) is 2.72. The Morgan fingerprint density at radius 2 is 1.85 bits per heavy atom. The number of piperidine rings is 1. The second-order valence-corrected chi connectivity index (χ2v) is 6.66. The molecule has 7 heteroatoms. The van der Waals surface area contributed by atoms with Gasteiger partial charge in [0.1, 0.15) is 12.4 Å². The van der Waals surface area contributed by atoms with Gasteiger partial charge in [0.25, 0.3) is 0 Å². The summed E-state index contributed by atoms with van der Waals surface area (Å²) >= 11 is 0. The van der Waals surface area contributed by atoms with Crippen molar-refractivity contribution in [2.75, 3.05) is 13.1 Å². The minimum atomic E-state index is 0.154. The summed E-state index contributed by atoms with van der Waals surface area (Å²) in [7, 11) is 0. The first-order valence-electron chi connectivity index (χ1n) is 8.93. The summed E-state index contributed by atoms with van der Waals surface area (Å²) in [6, 6.07) is 4.06. The molecule has 4 heterocycles. The normalized spacial score (nSPS) is 15.3. The molecule has 1 amide bonds. The van der Waals surface area contributed by atoms with Crippen molar-refractivity contribution in [1.29, 1.82) is 0 Å². The SMILES string of the molecule is O=C(Cn1ccnc1)N1CCC(c2nccn2Cc2ccncc2)CC1. The number of carbonyl (C=O) groups excluding carboxylic acids is 1. The summed E-state index contributed by atoms with van der Waals surface area (Å²) in [5, 5.41) is 0. The third kappa shape index (κ3) is 3.66. The molecule has 0 unspecified atom stereocenters. The van der Waals surface area contributed by atoms with E-state index in [9.17, 15) is 4.79 Å². The Bertz CT molecular complexity index is 834. The van der Waals surface area contributed by atoms with Gasteiger partial charge in [0.15, 0.2) is 0 Å². The standard InChI is InChI=1S/C19H22N6O/c26-18(14-23-11-7-21-15-23)24-9-3-17(4-10-24)19-22-8-12-25(19)13-16-1-5-20-6-2-16/h1-2,5-8,11-12,15,17H,3-4,9-10,13-14H2. The van der Waals surface area contributed by atoms with Crippen LogP contribution in [0.4, 0.5) is 0 Å². The van der Waals surface area contributed by atoms with Gasteiger partial charge in [0, 0.05) is 62.7 Å². The lowest BCUT2D eigenvalue weighted by atomic mass is 9.95. The molecule has 1 saturated heterocycles. The number of pyridine rings is 1. The van der Waals surface area contributed by atoms with Crippen LogP contribution in [0.15, 0.2) is 55.6 Å². The van der Waals surface area contributed by atoms with E-state index in [4.69, 9.17) is 0 Å². The van der Waals surface area contributed by atoms with Crippen molar-refractivity contribution in [2.24, 2.45) is 0 Å². The van der Waals surface area contributed by atoms with Crippen LogP contribution in [0.1, 0.15) is 30.1 Å². The first-order valence-corrected chi connectivity index (χ1v) is 8.93. The molecule has 4 rings (SSSR count). The maximum absolute atomic E-state index is 12.4. The van der Waals surface area contributed by atoms with Gasteiger partial charge < -0.3 is 14.0 Å². The monoisotopic (exact) mass is 350 g/mol. The maximum atomic E-state index is 12.4. The number of rotatable bonds is 5. The fourth-order valence-electron chi connectivity index (χ4n) is 3.52. The zero-order valence-corrected chi connectivity index (χ0v) is 14.6. The van der Waals surface area contributed by atoms with Gasteiger partial charge in [-0.1, -0.05) is 0 Å². The number of amides is 1. The Kier molecular flexibility index (Phi) is 4.77. The number of hydrogen-bond donors (Lipinski definition) is 0. The second-order valence-electron chi connectivity index (χ2n) is 6.66. The summed E-state index contributed by atoms with van der Waals surface area (Å²) < 4.78 is 4.03. The molecule has 0 bridgehead atoms. The highest BCUT2D eigenvalue weighted by atomic mass is 16.2. The molecule has 0 N–H and O–H groups in total. The lowest BCUT2D eigenvalue weighted by Crippen LogP contribution is -2.40. The minimum Gasteiger partial charge on any atom is -0.341 e. The Morgan fingerprint density at radius 1 is 1.04 bits per heavy atom. The first kappa shape index (κ1) is 16.5. The van der Waals surface area contributed by atoms with E-state index in [1.54, 1.807) is 12.5 Å². The molecule has 0 aliphatic carbocycles. The van der Waals surface area contributed by atoms with Gasteiger partial charge >= 0.3 is 0 Å². The predicted molar refractivity (Wildman–Crippen MR) is 96.3 cm³/mol. The third-order valence-electron chi connectivity index (χ3n) is 4.94. The number of aromatic nitrogens is 5. The molecule has 1 fully saturated rings. The van der Waals surface area contributed by atoms with Crippen molar-refractivity contribution in [3.8, 4) is 0 Å². The number of hydrogen-bond acceptors (Lipinski definition) is 4. The quantitative estimate of drug-likeness (QED) is 0.705.